The molecular formula is C14H10BrN3S. The Labute approximate surface area is 124 Å². The second-order valence-corrected chi connectivity index (χ2v) is 5.48. The number of hydrogen-bond donors (Lipinski definition) is 0. The number of pyridine rings is 1. The van der Waals surface area contributed by atoms with Crippen LogP contribution in [0.2, 0.25) is 0 Å². The van der Waals surface area contributed by atoms with Crippen LogP contribution in [0.15, 0.2) is 53.5 Å². The summed E-state index contributed by atoms with van der Waals surface area (Å²) in [5.41, 5.74) is 0.898. The third kappa shape index (κ3) is 2.57. The normalized spacial score (nSPS) is 10.8. The molecule has 5 heteroatoms. The fourth-order valence-electron chi connectivity index (χ4n) is 1.97. The van der Waals surface area contributed by atoms with E-state index in [0.29, 0.717) is 6.54 Å². The van der Waals surface area contributed by atoms with E-state index < -0.39 is 0 Å². The quantitative estimate of drug-likeness (QED) is 0.665. The molecule has 0 N–H and O–H groups in total. The Balaban J connectivity index is 2.08. The summed E-state index contributed by atoms with van der Waals surface area (Å²) < 4.78 is 3.88. The fraction of sp³-hybridized carbons (Fsp3) is 0.0714. The summed E-state index contributed by atoms with van der Waals surface area (Å²) in [4.78, 5) is 8.34. The van der Waals surface area contributed by atoms with E-state index in [-0.39, 0.29) is 0 Å². The van der Waals surface area contributed by atoms with Gasteiger partial charge in [0.25, 0.3) is 0 Å². The minimum Gasteiger partial charge on any atom is -0.333 e. The summed E-state index contributed by atoms with van der Waals surface area (Å²) in [6, 6.07) is 8.17. The molecule has 0 saturated heterocycles. The fourth-order valence-corrected chi connectivity index (χ4v) is 2.66. The first-order chi connectivity index (χ1) is 9.24. The summed E-state index contributed by atoms with van der Waals surface area (Å²) in [5.74, 6) is 0. The summed E-state index contributed by atoms with van der Waals surface area (Å²) in [6.45, 7) is 0.638. The minimum atomic E-state index is 0.638. The zero-order valence-corrected chi connectivity index (χ0v) is 12.4. The van der Waals surface area contributed by atoms with Crippen molar-refractivity contribution in [3.63, 3.8) is 0 Å². The molecule has 0 atom stereocenters. The zero-order valence-electron chi connectivity index (χ0n) is 9.95. The van der Waals surface area contributed by atoms with Crippen molar-refractivity contribution in [1.29, 1.82) is 0 Å². The number of aromatic nitrogens is 3. The van der Waals surface area contributed by atoms with Crippen molar-refractivity contribution in [1.82, 2.24) is 14.5 Å². The van der Waals surface area contributed by atoms with Crippen molar-refractivity contribution in [2.24, 2.45) is 0 Å². The average molecular weight is 332 g/mol. The Morgan fingerprint density at radius 3 is 2.89 bits per heavy atom. The number of hydrogen-bond acceptors (Lipinski definition) is 3. The molecule has 0 spiro atoms. The van der Waals surface area contributed by atoms with Crippen molar-refractivity contribution in [2.75, 3.05) is 0 Å². The molecule has 2 heterocycles. The van der Waals surface area contributed by atoms with Gasteiger partial charge < -0.3 is 4.57 Å². The molecule has 0 saturated carbocycles. The molecule has 1 aromatic carbocycles. The van der Waals surface area contributed by atoms with Gasteiger partial charge in [0.05, 0.1) is 18.4 Å². The average Bonchev–Trinajstić information content (AvgIpc) is 2.43. The Hall–Kier alpha value is -1.59. The molecule has 3 nitrogen and oxygen atoms in total. The highest BCUT2D eigenvalue weighted by atomic mass is 79.9. The number of nitrogens with zero attached hydrogens (tertiary/aromatic N) is 3. The van der Waals surface area contributed by atoms with Crippen LogP contribution in [0.4, 0.5) is 0 Å². The highest BCUT2D eigenvalue weighted by Crippen LogP contribution is 2.21. The number of benzene rings is 1. The van der Waals surface area contributed by atoms with Gasteiger partial charge in [-0.05, 0) is 23.6 Å². The summed E-state index contributed by atoms with van der Waals surface area (Å²) in [5, 5.41) is 2.21. The van der Waals surface area contributed by atoms with Crippen LogP contribution in [0.3, 0.4) is 0 Å². The molecule has 94 valence electrons. The van der Waals surface area contributed by atoms with E-state index in [4.69, 9.17) is 12.2 Å². The van der Waals surface area contributed by atoms with Crippen molar-refractivity contribution < 1.29 is 0 Å². The van der Waals surface area contributed by atoms with Gasteiger partial charge in [0.2, 0.25) is 0 Å². The maximum Gasteiger partial charge on any atom is 0.114 e. The van der Waals surface area contributed by atoms with Gasteiger partial charge in [-0.1, -0.05) is 34.2 Å². The van der Waals surface area contributed by atoms with Crippen LogP contribution in [0, 0.1) is 4.64 Å². The molecule has 0 unspecified atom stereocenters. The van der Waals surface area contributed by atoms with E-state index in [9.17, 15) is 0 Å². The van der Waals surface area contributed by atoms with Crippen molar-refractivity contribution >= 4 is 38.9 Å². The van der Waals surface area contributed by atoms with Crippen LogP contribution in [-0.4, -0.2) is 14.5 Å². The highest BCUT2D eigenvalue weighted by molar-refractivity contribution is 9.10. The molecule has 0 aliphatic heterocycles. The van der Waals surface area contributed by atoms with Crippen LogP contribution < -0.4 is 0 Å². The summed E-state index contributed by atoms with van der Waals surface area (Å²) in [6.07, 6.45) is 7.11. The minimum absolute atomic E-state index is 0.638. The van der Waals surface area contributed by atoms with Gasteiger partial charge in [0, 0.05) is 28.4 Å². The van der Waals surface area contributed by atoms with E-state index in [2.05, 4.69) is 38.0 Å². The summed E-state index contributed by atoms with van der Waals surface area (Å²) >= 11 is 9.01. The summed E-state index contributed by atoms with van der Waals surface area (Å²) in [7, 11) is 0. The molecular weight excluding hydrogens is 322 g/mol. The number of rotatable bonds is 2. The Morgan fingerprint density at radius 1 is 1.21 bits per heavy atom. The van der Waals surface area contributed by atoms with Crippen LogP contribution >= 0.6 is 28.1 Å². The van der Waals surface area contributed by atoms with Crippen LogP contribution in [-0.2, 0) is 6.54 Å². The highest BCUT2D eigenvalue weighted by Gasteiger charge is 2.02. The molecule has 0 fully saturated rings. The lowest BCUT2D eigenvalue weighted by Crippen LogP contribution is -2.03. The standard InChI is InChI=1S/C14H10BrN3S/c15-11-1-2-13-10(7-11)3-6-18(14(13)19)9-12-8-16-4-5-17-12/h1-8H,9H2. The molecule has 0 bridgehead atoms. The van der Waals surface area contributed by atoms with Gasteiger partial charge in [-0.25, -0.2) is 0 Å². The topological polar surface area (TPSA) is 30.7 Å². The lowest BCUT2D eigenvalue weighted by Gasteiger charge is -2.08. The molecule has 0 amide bonds. The molecule has 2 aromatic heterocycles. The predicted octanol–water partition coefficient (Wildman–Crippen LogP) is 3.97. The van der Waals surface area contributed by atoms with Crippen molar-refractivity contribution in [3.8, 4) is 0 Å². The molecule has 3 rings (SSSR count). The third-order valence-electron chi connectivity index (χ3n) is 2.89. The largest absolute Gasteiger partial charge is 0.333 e. The predicted molar refractivity (Wildman–Crippen MR) is 81.6 cm³/mol. The Morgan fingerprint density at radius 2 is 2.11 bits per heavy atom. The third-order valence-corrected chi connectivity index (χ3v) is 3.84. The van der Waals surface area contributed by atoms with E-state index in [0.717, 1.165) is 25.6 Å². The monoisotopic (exact) mass is 331 g/mol. The SMILES string of the molecule is S=c1c2ccc(Br)cc2ccn1Cc1cnccn1. The zero-order chi connectivity index (χ0) is 13.2. The molecule has 3 aromatic rings. The van der Waals surface area contributed by atoms with Gasteiger partial charge in [-0.15, -0.1) is 0 Å². The lowest BCUT2D eigenvalue weighted by molar-refractivity contribution is 0.757. The molecule has 19 heavy (non-hydrogen) atoms. The van der Waals surface area contributed by atoms with E-state index >= 15 is 0 Å². The van der Waals surface area contributed by atoms with E-state index in [1.165, 1.54) is 0 Å². The van der Waals surface area contributed by atoms with E-state index in [1.54, 1.807) is 18.6 Å². The van der Waals surface area contributed by atoms with Crippen LogP contribution in [0.5, 0.6) is 0 Å². The Kier molecular flexibility index (Phi) is 3.40. The van der Waals surface area contributed by atoms with Gasteiger partial charge in [0.15, 0.2) is 0 Å². The molecule has 0 radical (unpaired) electrons. The second-order valence-electron chi connectivity index (χ2n) is 4.18. The van der Waals surface area contributed by atoms with Crippen LogP contribution in [0.1, 0.15) is 5.69 Å². The van der Waals surface area contributed by atoms with Crippen molar-refractivity contribution in [2.45, 2.75) is 6.54 Å². The maximum atomic E-state index is 5.54. The van der Waals surface area contributed by atoms with Gasteiger partial charge >= 0.3 is 0 Å². The first kappa shape index (κ1) is 12.4. The lowest BCUT2D eigenvalue weighted by atomic mass is 10.2. The molecule has 0 aliphatic rings. The van der Waals surface area contributed by atoms with Crippen LogP contribution in [0.25, 0.3) is 10.8 Å². The first-order valence-electron chi connectivity index (χ1n) is 5.77. The second kappa shape index (κ2) is 5.19. The molecule has 0 aliphatic carbocycles. The number of halogens is 1. The van der Waals surface area contributed by atoms with Crippen molar-refractivity contribution in [3.05, 3.63) is 63.9 Å². The van der Waals surface area contributed by atoms with Gasteiger partial charge in [-0.3, -0.25) is 9.97 Å². The number of fused-ring (bicyclic) bond motifs is 1. The van der Waals surface area contributed by atoms with Gasteiger partial charge in [-0.2, -0.15) is 0 Å². The van der Waals surface area contributed by atoms with Gasteiger partial charge in [0.1, 0.15) is 4.64 Å². The maximum absolute atomic E-state index is 5.54. The van der Waals surface area contributed by atoms with E-state index in [1.807, 2.05) is 22.9 Å². The smallest absolute Gasteiger partial charge is 0.114 e. The Bertz CT molecular complexity index is 784. The first-order valence-corrected chi connectivity index (χ1v) is 6.98.